The Bertz CT molecular complexity index is 1180. The van der Waals surface area contributed by atoms with Gasteiger partial charge in [0.25, 0.3) is 0 Å². The van der Waals surface area contributed by atoms with Gasteiger partial charge in [0.05, 0.1) is 11.3 Å². The van der Waals surface area contributed by atoms with Gasteiger partial charge in [-0.3, -0.25) is 4.57 Å². The highest BCUT2D eigenvalue weighted by atomic mass is 19.4. The van der Waals surface area contributed by atoms with Crippen LogP contribution in [0.3, 0.4) is 0 Å². The van der Waals surface area contributed by atoms with Gasteiger partial charge >= 0.3 is 17.8 Å². The van der Waals surface area contributed by atoms with Gasteiger partial charge in [-0.25, -0.2) is 9.59 Å². The highest BCUT2D eigenvalue weighted by Gasteiger charge is 2.30. The first-order valence-electron chi connectivity index (χ1n) is 10.9. The Morgan fingerprint density at radius 1 is 1.09 bits per heavy atom. The molecule has 0 aliphatic carbocycles. The fourth-order valence-electron chi connectivity index (χ4n) is 3.57. The van der Waals surface area contributed by atoms with E-state index < -0.39 is 29.5 Å². The Hall–Kier alpha value is -3.56. The Kier molecular flexibility index (Phi) is 7.48. The topological polar surface area (TPSA) is 86.3 Å². The average Bonchev–Trinajstić information content (AvgIpc) is 3.11. The standard InChI is InChI=1S/C24H26F3N3O4/c1-4-13-29-21(15(2)14-17-5-11-20(12-6-17)34-16(3)22(31)32)28-30(23(29)33)19-9-7-18(8-10-19)24(25,26)27/h5-12,15-16H,4,13-14H2,1-3H3,(H,31,32). The zero-order chi connectivity index (χ0) is 25.0. The van der Waals surface area contributed by atoms with Crippen LogP contribution in [0, 0.1) is 0 Å². The number of hydrogen-bond donors (Lipinski definition) is 1. The highest BCUT2D eigenvalue weighted by molar-refractivity contribution is 5.72. The Balaban J connectivity index is 1.84. The monoisotopic (exact) mass is 477 g/mol. The first kappa shape index (κ1) is 25.1. The van der Waals surface area contributed by atoms with Gasteiger partial charge in [0.15, 0.2) is 6.10 Å². The van der Waals surface area contributed by atoms with Crippen LogP contribution in [-0.2, 0) is 23.9 Å². The van der Waals surface area contributed by atoms with Crippen molar-refractivity contribution in [1.82, 2.24) is 14.3 Å². The van der Waals surface area contributed by atoms with E-state index in [0.717, 1.165) is 22.4 Å². The summed E-state index contributed by atoms with van der Waals surface area (Å²) in [5.74, 6) is -0.262. The molecule has 34 heavy (non-hydrogen) atoms. The van der Waals surface area contributed by atoms with Crippen molar-refractivity contribution in [2.45, 2.75) is 58.4 Å². The minimum atomic E-state index is -4.46. The van der Waals surface area contributed by atoms with E-state index in [1.165, 1.54) is 19.1 Å². The van der Waals surface area contributed by atoms with Crippen molar-refractivity contribution < 1.29 is 27.8 Å². The number of nitrogens with zero attached hydrogens (tertiary/aromatic N) is 3. The molecule has 10 heteroatoms. The number of halogens is 3. The minimum Gasteiger partial charge on any atom is -0.479 e. The maximum absolute atomic E-state index is 13.0. The predicted molar refractivity (Wildman–Crippen MR) is 119 cm³/mol. The average molecular weight is 477 g/mol. The number of carboxylic acids is 1. The number of carboxylic acid groups (broad SMARTS) is 1. The van der Waals surface area contributed by atoms with Crippen molar-refractivity contribution in [3.8, 4) is 11.4 Å². The lowest BCUT2D eigenvalue weighted by atomic mass is 10.0. The molecule has 0 saturated heterocycles. The molecule has 182 valence electrons. The van der Waals surface area contributed by atoms with E-state index in [4.69, 9.17) is 9.84 Å². The lowest BCUT2D eigenvalue weighted by molar-refractivity contribution is -0.144. The maximum Gasteiger partial charge on any atom is 0.416 e. The molecule has 0 aliphatic heterocycles. The summed E-state index contributed by atoms with van der Waals surface area (Å²) in [4.78, 5) is 23.9. The van der Waals surface area contributed by atoms with E-state index in [0.29, 0.717) is 31.0 Å². The summed E-state index contributed by atoms with van der Waals surface area (Å²) < 4.78 is 46.7. The summed E-state index contributed by atoms with van der Waals surface area (Å²) >= 11 is 0. The lowest BCUT2D eigenvalue weighted by Gasteiger charge is -2.13. The van der Waals surface area contributed by atoms with Gasteiger partial charge < -0.3 is 9.84 Å². The molecule has 1 N–H and O–H groups in total. The van der Waals surface area contributed by atoms with Crippen LogP contribution in [0.4, 0.5) is 13.2 Å². The summed E-state index contributed by atoms with van der Waals surface area (Å²) in [5.41, 5.74) is -0.0105. The lowest BCUT2D eigenvalue weighted by Crippen LogP contribution is -2.25. The summed E-state index contributed by atoms with van der Waals surface area (Å²) in [7, 11) is 0. The molecule has 7 nitrogen and oxygen atoms in total. The number of rotatable bonds is 9. The smallest absolute Gasteiger partial charge is 0.416 e. The van der Waals surface area contributed by atoms with Crippen LogP contribution in [0.25, 0.3) is 5.69 Å². The maximum atomic E-state index is 13.0. The highest BCUT2D eigenvalue weighted by Crippen LogP contribution is 2.29. The Labute approximate surface area is 194 Å². The van der Waals surface area contributed by atoms with Crippen LogP contribution in [-0.4, -0.2) is 31.5 Å². The fraction of sp³-hybridized carbons (Fsp3) is 0.375. The first-order chi connectivity index (χ1) is 16.0. The third kappa shape index (κ3) is 5.67. The van der Waals surface area contributed by atoms with Crippen molar-refractivity contribution in [3.05, 3.63) is 76.0 Å². The second-order valence-electron chi connectivity index (χ2n) is 8.10. The number of aromatic nitrogens is 3. The van der Waals surface area contributed by atoms with Crippen LogP contribution in [0.1, 0.15) is 50.1 Å². The Morgan fingerprint density at radius 2 is 1.71 bits per heavy atom. The van der Waals surface area contributed by atoms with E-state index in [2.05, 4.69) is 5.10 Å². The molecule has 3 rings (SSSR count). The van der Waals surface area contributed by atoms with E-state index in [9.17, 15) is 22.8 Å². The molecular formula is C24H26F3N3O4. The summed E-state index contributed by atoms with van der Waals surface area (Å²) in [6.07, 6.45) is -4.20. The summed E-state index contributed by atoms with van der Waals surface area (Å²) in [5, 5.41) is 13.4. The number of benzene rings is 2. The van der Waals surface area contributed by atoms with Crippen LogP contribution in [0.5, 0.6) is 5.75 Å². The molecule has 0 amide bonds. The zero-order valence-corrected chi connectivity index (χ0v) is 19.0. The zero-order valence-electron chi connectivity index (χ0n) is 19.0. The van der Waals surface area contributed by atoms with E-state index >= 15 is 0 Å². The van der Waals surface area contributed by atoms with Gasteiger partial charge in [0.1, 0.15) is 11.6 Å². The molecule has 2 aromatic carbocycles. The molecule has 0 saturated carbocycles. The van der Waals surface area contributed by atoms with Gasteiger partial charge in [0, 0.05) is 12.5 Å². The SMILES string of the molecule is CCCn1c(C(C)Cc2ccc(OC(C)C(=O)O)cc2)nn(-c2ccc(C(F)(F)F)cc2)c1=O. The van der Waals surface area contributed by atoms with Crippen molar-refractivity contribution in [2.24, 2.45) is 0 Å². The van der Waals surface area contributed by atoms with Gasteiger partial charge in [-0.2, -0.15) is 17.9 Å². The molecule has 0 spiro atoms. The van der Waals surface area contributed by atoms with Crippen molar-refractivity contribution in [3.63, 3.8) is 0 Å². The molecule has 0 radical (unpaired) electrons. The van der Waals surface area contributed by atoms with Gasteiger partial charge in [-0.15, -0.1) is 5.10 Å². The van der Waals surface area contributed by atoms with Crippen LogP contribution >= 0.6 is 0 Å². The number of carbonyl (C=O) groups is 1. The van der Waals surface area contributed by atoms with E-state index in [1.54, 1.807) is 16.7 Å². The van der Waals surface area contributed by atoms with Crippen molar-refractivity contribution in [1.29, 1.82) is 0 Å². The largest absolute Gasteiger partial charge is 0.479 e. The molecular weight excluding hydrogens is 451 g/mol. The van der Waals surface area contributed by atoms with E-state index in [-0.39, 0.29) is 11.6 Å². The third-order valence-corrected chi connectivity index (χ3v) is 5.34. The molecule has 2 unspecified atom stereocenters. The second-order valence-corrected chi connectivity index (χ2v) is 8.10. The molecule has 1 aromatic heterocycles. The number of aliphatic carboxylic acids is 1. The third-order valence-electron chi connectivity index (χ3n) is 5.34. The quantitative estimate of drug-likeness (QED) is 0.485. The van der Waals surface area contributed by atoms with E-state index in [1.807, 2.05) is 26.0 Å². The number of ether oxygens (including phenoxy) is 1. The molecule has 2 atom stereocenters. The molecule has 0 aliphatic rings. The summed E-state index contributed by atoms with van der Waals surface area (Å²) in [6, 6.07) is 11.3. The van der Waals surface area contributed by atoms with Crippen LogP contribution < -0.4 is 10.4 Å². The normalized spacial score (nSPS) is 13.5. The van der Waals surface area contributed by atoms with Crippen LogP contribution in [0.15, 0.2) is 53.3 Å². The van der Waals surface area contributed by atoms with Gasteiger partial charge in [-0.1, -0.05) is 26.0 Å². The van der Waals surface area contributed by atoms with Gasteiger partial charge in [-0.05, 0) is 61.7 Å². The second kappa shape index (κ2) is 10.1. The van der Waals surface area contributed by atoms with Crippen molar-refractivity contribution >= 4 is 5.97 Å². The minimum absolute atomic E-state index is 0.167. The number of hydrogen-bond acceptors (Lipinski definition) is 4. The molecule has 0 fully saturated rings. The summed E-state index contributed by atoms with van der Waals surface area (Å²) in [6.45, 7) is 5.71. The van der Waals surface area contributed by atoms with Crippen molar-refractivity contribution in [2.75, 3.05) is 0 Å². The predicted octanol–water partition coefficient (Wildman–Crippen LogP) is 4.66. The molecule has 3 aromatic rings. The number of alkyl halides is 3. The molecule has 0 bridgehead atoms. The fourth-order valence-corrected chi connectivity index (χ4v) is 3.57. The Morgan fingerprint density at radius 3 is 2.24 bits per heavy atom. The molecule has 1 heterocycles. The van der Waals surface area contributed by atoms with Crippen LogP contribution in [0.2, 0.25) is 0 Å². The van der Waals surface area contributed by atoms with Gasteiger partial charge in [0.2, 0.25) is 0 Å². The first-order valence-corrected chi connectivity index (χ1v) is 10.9.